The first-order valence-electron chi connectivity index (χ1n) is 16.0. The van der Waals surface area contributed by atoms with E-state index in [1.165, 1.54) is 6.20 Å². The summed E-state index contributed by atoms with van der Waals surface area (Å²) in [6, 6.07) is 19.7. The molecule has 8 rings (SSSR count). The summed E-state index contributed by atoms with van der Waals surface area (Å²) >= 11 is 6.05. The standard InChI is InChI=1S/C18H16N6.C13H9ClN4.C5H9BN2O2/c1-10-16(11(2)24-23-10)18-17(21-9-15(19)22-18)13-5-6-14-12(8-13)4-3-7-20-14;14-13-12(17-7-11(15)18-13)9-3-4-10-8(6-9)2-1-5-16-10;1-3-5(6(9)10)4(2)8-7-3/h3-9H,1-2H3,(H2,19,22)(H,23,24);1-7H,(H2,15,18);9-10H,1-2H3,(H,7,8). The second-order valence-corrected chi connectivity index (χ2v) is 12.1. The van der Waals surface area contributed by atoms with Crippen molar-refractivity contribution in [1.82, 2.24) is 50.3 Å². The van der Waals surface area contributed by atoms with Crippen LogP contribution in [0.5, 0.6) is 0 Å². The molecule has 0 aliphatic rings. The van der Waals surface area contributed by atoms with Crippen LogP contribution < -0.4 is 16.9 Å². The van der Waals surface area contributed by atoms with Crippen LogP contribution >= 0.6 is 11.6 Å². The number of pyridine rings is 2. The first kappa shape index (κ1) is 35.5. The van der Waals surface area contributed by atoms with E-state index in [9.17, 15) is 0 Å². The summed E-state index contributed by atoms with van der Waals surface area (Å²) < 4.78 is 0. The van der Waals surface area contributed by atoms with E-state index in [1.807, 2.05) is 68.4 Å². The maximum Gasteiger partial charge on any atom is 0.492 e. The Morgan fingerprint density at radius 1 is 0.635 bits per heavy atom. The SMILES string of the molecule is Cc1n[nH]c(C)c1-c1nc(N)cnc1-c1ccc2ncccc2c1.Cc1n[nH]c(C)c1B(O)O.Nc1cnc(-c2ccc3ncccc3c2)c(Cl)n1. The quantitative estimate of drug-likeness (QED) is 0.134. The van der Waals surface area contributed by atoms with E-state index in [2.05, 4.69) is 56.4 Å². The molecule has 0 radical (unpaired) electrons. The molecular formula is C36H34BClN12O2. The average Bonchev–Trinajstić information content (AvgIpc) is 3.66. The van der Waals surface area contributed by atoms with Gasteiger partial charge in [-0.2, -0.15) is 10.2 Å². The number of H-pyrrole nitrogens is 2. The number of aromatic amines is 2. The Morgan fingerprint density at radius 2 is 1.17 bits per heavy atom. The fraction of sp³-hybridized carbons (Fsp3) is 0.111. The summed E-state index contributed by atoms with van der Waals surface area (Å²) in [6.45, 7) is 7.37. The van der Waals surface area contributed by atoms with Gasteiger partial charge >= 0.3 is 7.12 Å². The highest BCUT2D eigenvalue weighted by Crippen LogP contribution is 2.34. The van der Waals surface area contributed by atoms with Gasteiger partial charge in [0.25, 0.3) is 0 Å². The number of nitrogens with two attached hydrogens (primary N) is 2. The molecule has 8 aromatic rings. The molecule has 0 spiro atoms. The third-order valence-electron chi connectivity index (χ3n) is 8.10. The number of fused-ring (bicyclic) bond motifs is 2. The number of aromatic nitrogens is 10. The second kappa shape index (κ2) is 15.3. The molecule has 0 unspecified atom stereocenters. The van der Waals surface area contributed by atoms with Gasteiger partial charge in [-0.1, -0.05) is 35.9 Å². The maximum atomic E-state index is 8.77. The summed E-state index contributed by atoms with van der Waals surface area (Å²) in [6.07, 6.45) is 6.62. The van der Waals surface area contributed by atoms with Crippen molar-refractivity contribution < 1.29 is 10.0 Å². The summed E-state index contributed by atoms with van der Waals surface area (Å²) in [4.78, 5) is 25.9. The van der Waals surface area contributed by atoms with Gasteiger partial charge in [0.2, 0.25) is 0 Å². The first-order chi connectivity index (χ1) is 25.0. The van der Waals surface area contributed by atoms with Crippen LogP contribution in [0.1, 0.15) is 22.8 Å². The Hall–Kier alpha value is -6.29. The van der Waals surface area contributed by atoms with Crippen LogP contribution in [-0.4, -0.2) is 67.5 Å². The van der Waals surface area contributed by atoms with Gasteiger partial charge in [-0.15, -0.1) is 0 Å². The molecule has 0 fully saturated rings. The largest absolute Gasteiger partial charge is 0.492 e. The minimum absolute atomic E-state index is 0.304. The lowest BCUT2D eigenvalue weighted by atomic mass is 9.79. The van der Waals surface area contributed by atoms with E-state index < -0.39 is 7.12 Å². The lowest BCUT2D eigenvalue weighted by molar-refractivity contribution is 0.425. The van der Waals surface area contributed by atoms with Crippen molar-refractivity contribution in [2.24, 2.45) is 0 Å². The van der Waals surface area contributed by atoms with E-state index in [0.717, 1.165) is 61.3 Å². The van der Waals surface area contributed by atoms with Crippen LogP contribution in [0.2, 0.25) is 5.15 Å². The third kappa shape index (κ3) is 7.71. The van der Waals surface area contributed by atoms with E-state index in [-0.39, 0.29) is 0 Å². The molecule has 0 amide bonds. The van der Waals surface area contributed by atoms with E-state index >= 15 is 0 Å². The number of anilines is 2. The van der Waals surface area contributed by atoms with Gasteiger partial charge in [-0.25, -0.2) is 15.0 Å². The van der Waals surface area contributed by atoms with Gasteiger partial charge < -0.3 is 21.5 Å². The molecule has 0 aliphatic carbocycles. The molecule has 0 saturated heterocycles. The predicted molar refractivity (Wildman–Crippen MR) is 204 cm³/mol. The van der Waals surface area contributed by atoms with Crippen LogP contribution in [0.25, 0.3) is 55.6 Å². The van der Waals surface area contributed by atoms with Crippen molar-refractivity contribution in [3.8, 4) is 33.8 Å². The minimum Gasteiger partial charge on any atom is -0.423 e. The number of hydrogen-bond acceptors (Lipinski definition) is 12. The summed E-state index contributed by atoms with van der Waals surface area (Å²) in [5.41, 5.74) is 21.9. The number of rotatable bonds is 4. The molecule has 16 heteroatoms. The van der Waals surface area contributed by atoms with Gasteiger partial charge in [0, 0.05) is 56.7 Å². The van der Waals surface area contributed by atoms with Crippen molar-refractivity contribution in [2.75, 3.05) is 11.5 Å². The molecule has 0 bridgehead atoms. The molecule has 2 aromatic carbocycles. The highest BCUT2D eigenvalue weighted by atomic mass is 35.5. The highest BCUT2D eigenvalue weighted by Gasteiger charge is 2.19. The van der Waals surface area contributed by atoms with E-state index in [4.69, 9.17) is 33.1 Å². The van der Waals surface area contributed by atoms with Crippen molar-refractivity contribution in [1.29, 1.82) is 0 Å². The predicted octanol–water partition coefficient (Wildman–Crippen LogP) is 4.91. The maximum absolute atomic E-state index is 8.77. The summed E-state index contributed by atoms with van der Waals surface area (Å²) in [7, 11) is -1.42. The summed E-state index contributed by atoms with van der Waals surface area (Å²) in [5.74, 6) is 0.697. The Balaban J connectivity index is 0.000000146. The van der Waals surface area contributed by atoms with Crippen molar-refractivity contribution >= 4 is 57.6 Å². The Bertz CT molecular complexity index is 2480. The third-order valence-corrected chi connectivity index (χ3v) is 8.36. The number of nitrogen functional groups attached to an aromatic ring is 2. The van der Waals surface area contributed by atoms with Crippen LogP contribution in [0, 0.1) is 27.7 Å². The number of halogens is 1. The molecule has 14 nitrogen and oxygen atoms in total. The molecule has 52 heavy (non-hydrogen) atoms. The fourth-order valence-electron chi connectivity index (χ4n) is 5.65. The number of hydrogen-bond donors (Lipinski definition) is 6. The van der Waals surface area contributed by atoms with Crippen LogP contribution in [0.4, 0.5) is 11.6 Å². The van der Waals surface area contributed by atoms with E-state index in [0.29, 0.717) is 39.3 Å². The number of nitrogens with zero attached hydrogens (tertiary/aromatic N) is 8. The Morgan fingerprint density at radius 3 is 1.67 bits per heavy atom. The van der Waals surface area contributed by atoms with Gasteiger partial charge in [0.1, 0.15) is 23.0 Å². The number of benzene rings is 2. The topological polar surface area (TPSA) is 227 Å². The van der Waals surface area contributed by atoms with Crippen LogP contribution in [-0.2, 0) is 0 Å². The Labute approximate surface area is 303 Å². The smallest absolute Gasteiger partial charge is 0.423 e. The Kier molecular flexibility index (Phi) is 10.5. The molecule has 260 valence electrons. The van der Waals surface area contributed by atoms with E-state index in [1.54, 1.807) is 32.4 Å². The molecule has 0 atom stereocenters. The zero-order chi connectivity index (χ0) is 36.9. The molecular weight excluding hydrogens is 679 g/mol. The molecule has 0 saturated carbocycles. The van der Waals surface area contributed by atoms with Crippen LogP contribution in [0.15, 0.2) is 85.5 Å². The number of aryl methyl sites for hydroxylation is 4. The average molecular weight is 713 g/mol. The minimum atomic E-state index is -1.42. The highest BCUT2D eigenvalue weighted by molar-refractivity contribution is 6.59. The number of nitrogens with one attached hydrogen (secondary N) is 2. The zero-order valence-electron chi connectivity index (χ0n) is 28.7. The zero-order valence-corrected chi connectivity index (χ0v) is 29.4. The van der Waals surface area contributed by atoms with Crippen molar-refractivity contribution in [3.05, 3.63) is 113 Å². The van der Waals surface area contributed by atoms with Crippen molar-refractivity contribution in [3.63, 3.8) is 0 Å². The van der Waals surface area contributed by atoms with Gasteiger partial charge in [0.15, 0.2) is 5.15 Å². The second-order valence-electron chi connectivity index (χ2n) is 11.8. The fourth-order valence-corrected chi connectivity index (χ4v) is 5.90. The van der Waals surface area contributed by atoms with Crippen molar-refractivity contribution in [2.45, 2.75) is 27.7 Å². The van der Waals surface area contributed by atoms with Gasteiger partial charge in [-0.3, -0.25) is 25.1 Å². The lowest BCUT2D eigenvalue weighted by Gasteiger charge is -2.10. The van der Waals surface area contributed by atoms with Gasteiger partial charge in [-0.05, 0) is 64.1 Å². The van der Waals surface area contributed by atoms with Gasteiger partial charge in [0.05, 0.1) is 40.5 Å². The lowest BCUT2D eigenvalue weighted by Crippen LogP contribution is -2.32. The molecule has 8 N–H and O–H groups in total. The molecule has 6 heterocycles. The first-order valence-corrected chi connectivity index (χ1v) is 16.4. The molecule has 6 aromatic heterocycles. The monoisotopic (exact) mass is 712 g/mol. The normalized spacial score (nSPS) is 10.8. The summed E-state index contributed by atoms with van der Waals surface area (Å²) in [5, 5.41) is 33.6. The van der Waals surface area contributed by atoms with Crippen LogP contribution in [0.3, 0.4) is 0 Å². The molecule has 0 aliphatic heterocycles.